The molecule has 0 radical (unpaired) electrons. The summed E-state index contributed by atoms with van der Waals surface area (Å²) in [7, 11) is 0. The van der Waals surface area contributed by atoms with Crippen molar-refractivity contribution in [3.63, 3.8) is 0 Å². The van der Waals surface area contributed by atoms with Gasteiger partial charge in [0.25, 0.3) is 0 Å². The van der Waals surface area contributed by atoms with E-state index in [1.54, 1.807) is 17.5 Å². The lowest BCUT2D eigenvalue weighted by Crippen LogP contribution is -2.41. The van der Waals surface area contributed by atoms with Gasteiger partial charge in [0.2, 0.25) is 5.91 Å². The Morgan fingerprint density at radius 2 is 2.65 bits per heavy atom. The van der Waals surface area contributed by atoms with Crippen molar-refractivity contribution >= 4 is 17.2 Å². The highest BCUT2D eigenvalue weighted by Gasteiger charge is 2.23. The summed E-state index contributed by atoms with van der Waals surface area (Å²) >= 11 is 1.60. The fourth-order valence-corrected chi connectivity index (χ4v) is 2.88. The predicted octanol–water partition coefficient (Wildman–Crippen LogP) is 1.71. The summed E-state index contributed by atoms with van der Waals surface area (Å²) in [6, 6.07) is 0.0735. The topological polar surface area (TPSA) is 54.0 Å². The summed E-state index contributed by atoms with van der Waals surface area (Å²) in [5.74, 6) is 0.289. The fourth-order valence-electron chi connectivity index (χ4n) is 2.11. The number of nitrogens with one attached hydrogen (secondary N) is 2. The van der Waals surface area contributed by atoms with Crippen LogP contribution in [0.2, 0.25) is 0 Å². The fraction of sp³-hybridized carbons (Fsp3) is 0.667. The van der Waals surface area contributed by atoms with E-state index in [-0.39, 0.29) is 17.9 Å². The van der Waals surface area contributed by atoms with Crippen molar-refractivity contribution in [1.82, 2.24) is 15.6 Å². The van der Waals surface area contributed by atoms with Gasteiger partial charge in [0.15, 0.2) is 0 Å². The van der Waals surface area contributed by atoms with Crippen LogP contribution >= 0.6 is 11.3 Å². The zero-order valence-corrected chi connectivity index (χ0v) is 10.9. The van der Waals surface area contributed by atoms with Gasteiger partial charge >= 0.3 is 0 Å². The Morgan fingerprint density at radius 1 is 1.76 bits per heavy atom. The summed E-state index contributed by atoms with van der Waals surface area (Å²) < 4.78 is 0. The molecule has 2 rings (SSSR count). The maximum atomic E-state index is 12.1. The van der Waals surface area contributed by atoms with Gasteiger partial charge in [-0.25, -0.2) is 4.98 Å². The predicted molar refractivity (Wildman–Crippen MR) is 68.9 cm³/mol. The normalized spacial score (nSPS) is 22.1. The second kappa shape index (κ2) is 6.12. The Bertz CT molecular complexity index is 347. The molecule has 1 saturated heterocycles. The smallest absolute Gasteiger partial charge is 0.224 e. The van der Waals surface area contributed by atoms with Crippen LogP contribution in [0.3, 0.4) is 0 Å². The van der Waals surface area contributed by atoms with Crippen LogP contribution in [0.15, 0.2) is 11.6 Å². The van der Waals surface area contributed by atoms with E-state index in [0.717, 1.165) is 37.4 Å². The quantitative estimate of drug-likeness (QED) is 0.859. The summed E-state index contributed by atoms with van der Waals surface area (Å²) in [5.41, 5.74) is 0. The van der Waals surface area contributed by atoms with Gasteiger partial charge in [-0.15, -0.1) is 11.3 Å². The van der Waals surface area contributed by atoms with E-state index in [1.807, 2.05) is 5.38 Å². The molecule has 17 heavy (non-hydrogen) atoms. The maximum Gasteiger partial charge on any atom is 0.224 e. The molecule has 2 unspecified atom stereocenters. The molecule has 1 aliphatic heterocycles. The zero-order chi connectivity index (χ0) is 12.1. The lowest BCUT2D eigenvalue weighted by atomic mass is 9.98. The molecule has 0 aromatic carbocycles. The molecule has 2 N–H and O–H groups in total. The van der Waals surface area contributed by atoms with Gasteiger partial charge < -0.3 is 10.6 Å². The van der Waals surface area contributed by atoms with Gasteiger partial charge in [0.1, 0.15) is 5.01 Å². The standard InChI is InChI=1S/C12H19N3OS/c1-2-10(12-14-6-7-17-12)15-11(16)9-4-3-5-13-8-9/h6-7,9-10,13H,2-5,8H2,1H3,(H,15,16). The van der Waals surface area contributed by atoms with E-state index in [9.17, 15) is 4.79 Å². The van der Waals surface area contributed by atoms with Crippen molar-refractivity contribution < 1.29 is 4.79 Å². The molecular weight excluding hydrogens is 234 g/mol. The third kappa shape index (κ3) is 3.26. The minimum atomic E-state index is 0.0735. The van der Waals surface area contributed by atoms with E-state index in [1.165, 1.54) is 0 Å². The molecule has 0 aliphatic carbocycles. The summed E-state index contributed by atoms with van der Waals surface area (Å²) in [5, 5.41) is 9.33. The lowest BCUT2D eigenvalue weighted by Gasteiger charge is -2.24. The molecule has 1 aliphatic rings. The summed E-state index contributed by atoms with van der Waals surface area (Å²) in [4.78, 5) is 16.4. The summed E-state index contributed by atoms with van der Waals surface area (Å²) in [6.45, 7) is 3.92. The van der Waals surface area contributed by atoms with Crippen LogP contribution in [-0.4, -0.2) is 24.0 Å². The average molecular weight is 253 g/mol. The van der Waals surface area contributed by atoms with Crippen molar-refractivity contribution in [2.75, 3.05) is 13.1 Å². The number of aromatic nitrogens is 1. The van der Waals surface area contributed by atoms with E-state index >= 15 is 0 Å². The van der Waals surface area contributed by atoms with Gasteiger partial charge in [0, 0.05) is 18.1 Å². The van der Waals surface area contributed by atoms with Crippen LogP contribution in [0, 0.1) is 5.92 Å². The van der Waals surface area contributed by atoms with Crippen molar-refractivity contribution in [3.05, 3.63) is 16.6 Å². The molecule has 0 bridgehead atoms. The van der Waals surface area contributed by atoms with Crippen molar-refractivity contribution in [3.8, 4) is 0 Å². The Morgan fingerprint density at radius 3 is 3.24 bits per heavy atom. The highest BCUT2D eigenvalue weighted by molar-refractivity contribution is 7.09. The first-order valence-corrected chi connectivity index (χ1v) is 7.09. The number of carbonyl (C=O) groups is 1. The number of hydrogen-bond acceptors (Lipinski definition) is 4. The van der Waals surface area contributed by atoms with Crippen LogP contribution < -0.4 is 10.6 Å². The highest BCUT2D eigenvalue weighted by Crippen LogP contribution is 2.20. The summed E-state index contributed by atoms with van der Waals surface area (Å²) in [6.07, 6.45) is 4.76. The molecular formula is C12H19N3OS. The van der Waals surface area contributed by atoms with Gasteiger partial charge in [0.05, 0.1) is 12.0 Å². The molecule has 4 nitrogen and oxygen atoms in total. The minimum absolute atomic E-state index is 0.0735. The van der Waals surface area contributed by atoms with Gasteiger partial charge in [-0.1, -0.05) is 6.92 Å². The second-order valence-electron chi connectivity index (χ2n) is 4.38. The van der Waals surface area contributed by atoms with Crippen LogP contribution in [-0.2, 0) is 4.79 Å². The first-order chi connectivity index (χ1) is 8.31. The zero-order valence-electron chi connectivity index (χ0n) is 10.1. The molecule has 2 atom stereocenters. The highest BCUT2D eigenvalue weighted by atomic mass is 32.1. The lowest BCUT2D eigenvalue weighted by molar-refractivity contribution is -0.126. The average Bonchev–Trinajstić information content (AvgIpc) is 2.90. The number of thiazole rings is 1. The molecule has 1 aromatic rings. The number of rotatable bonds is 4. The Balaban J connectivity index is 1.92. The number of piperidine rings is 1. The SMILES string of the molecule is CCC(NC(=O)C1CCCNC1)c1nccs1. The maximum absolute atomic E-state index is 12.1. The molecule has 5 heteroatoms. The van der Waals surface area contributed by atoms with E-state index in [4.69, 9.17) is 0 Å². The van der Waals surface area contributed by atoms with Gasteiger partial charge in [-0.3, -0.25) is 4.79 Å². The molecule has 1 amide bonds. The van der Waals surface area contributed by atoms with E-state index in [2.05, 4.69) is 22.5 Å². The van der Waals surface area contributed by atoms with Crippen LogP contribution in [0.5, 0.6) is 0 Å². The van der Waals surface area contributed by atoms with E-state index in [0.29, 0.717) is 0 Å². The second-order valence-corrected chi connectivity index (χ2v) is 5.31. The van der Waals surface area contributed by atoms with Crippen LogP contribution in [0.1, 0.15) is 37.2 Å². The first kappa shape index (κ1) is 12.5. The molecule has 1 fully saturated rings. The first-order valence-electron chi connectivity index (χ1n) is 6.21. The molecule has 0 saturated carbocycles. The number of amides is 1. The van der Waals surface area contributed by atoms with Crippen molar-refractivity contribution in [2.45, 2.75) is 32.2 Å². The van der Waals surface area contributed by atoms with Gasteiger partial charge in [-0.2, -0.15) is 0 Å². The molecule has 0 spiro atoms. The van der Waals surface area contributed by atoms with Crippen molar-refractivity contribution in [2.24, 2.45) is 5.92 Å². The Labute approximate surface area is 106 Å². The van der Waals surface area contributed by atoms with Crippen molar-refractivity contribution in [1.29, 1.82) is 0 Å². The Hall–Kier alpha value is -0.940. The number of nitrogens with zero attached hydrogens (tertiary/aromatic N) is 1. The monoisotopic (exact) mass is 253 g/mol. The molecule has 94 valence electrons. The Kier molecular flexibility index (Phi) is 4.50. The largest absolute Gasteiger partial charge is 0.347 e. The number of hydrogen-bond donors (Lipinski definition) is 2. The van der Waals surface area contributed by atoms with Gasteiger partial charge in [-0.05, 0) is 25.8 Å². The van der Waals surface area contributed by atoms with E-state index < -0.39 is 0 Å². The van der Waals surface area contributed by atoms with Crippen LogP contribution in [0.4, 0.5) is 0 Å². The minimum Gasteiger partial charge on any atom is -0.347 e. The molecule has 2 heterocycles. The molecule has 1 aromatic heterocycles. The number of carbonyl (C=O) groups excluding carboxylic acids is 1. The third-order valence-corrected chi connectivity index (χ3v) is 4.03. The third-order valence-electron chi connectivity index (χ3n) is 3.14. The van der Waals surface area contributed by atoms with Crippen LogP contribution in [0.25, 0.3) is 0 Å².